The van der Waals surface area contributed by atoms with Gasteiger partial charge in [0.2, 0.25) is 11.8 Å². The maximum Gasteiger partial charge on any atom is 0.234 e. The number of nitrogens with one attached hydrogen (secondary N) is 3. The molecule has 1 unspecified atom stereocenters. The first-order valence-corrected chi connectivity index (χ1v) is 6.61. The van der Waals surface area contributed by atoms with E-state index in [0.717, 1.165) is 19.6 Å². The standard InChI is InChI=1S/C12H24N4O3/c1-10(17)14-3-4-15-12(18)9-16-5-6-19-11(8-16)7-13-2/h11,13H,3-9H2,1-2H3,(H,14,17)(H,15,18). The molecule has 2 amide bonds. The molecule has 1 aliphatic rings. The summed E-state index contributed by atoms with van der Waals surface area (Å²) in [4.78, 5) is 24.4. The number of ether oxygens (including phenoxy) is 1. The molecule has 0 aromatic carbocycles. The first-order chi connectivity index (χ1) is 9.11. The SMILES string of the molecule is CNCC1CN(CC(=O)NCCNC(C)=O)CCO1. The first kappa shape index (κ1) is 15.9. The van der Waals surface area contributed by atoms with Gasteiger partial charge in [-0.3, -0.25) is 14.5 Å². The highest BCUT2D eigenvalue weighted by molar-refractivity contribution is 5.78. The van der Waals surface area contributed by atoms with Crippen molar-refractivity contribution < 1.29 is 14.3 Å². The molecule has 0 radical (unpaired) electrons. The summed E-state index contributed by atoms with van der Waals surface area (Å²) in [6.45, 7) is 5.75. The van der Waals surface area contributed by atoms with Crippen molar-refractivity contribution in [1.29, 1.82) is 0 Å². The van der Waals surface area contributed by atoms with Crippen LogP contribution in [0.5, 0.6) is 0 Å². The molecule has 0 aromatic heterocycles. The van der Waals surface area contributed by atoms with Crippen LogP contribution in [-0.4, -0.2) is 75.7 Å². The van der Waals surface area contributed by atoms with E-state index in [4.69, 9.17) is 4.74 Å². The molecule has 0 saturated carbocycles. The van der Waals surface area contributed by atoms with E-state index >= 15 is 0 Å². The van der Waals surface area contributed by atoms with E-state index in [9.17, 15) is 9.59 Å². The molecule has 1 rings (SSSR count). The quantitative estimate of drug-likeness (QED) is 0.474. The van der Waals surface area contributed by atoms with Crippen molar-refractivity contribution in [3.8, 4) is 0 Å². The fraction of sp³-hybridized carbons (Fsp3) is 0.833. The van der Waals surface area contributed by atoms with E-state index in [0.29, 0.717) is 26.2 Å². The molecule has 1 saturated heterocycles. The molecule has 1 heterocycles. The van der Waals surface area contributed by atoms with Crippen LogP contribution in [0.3, 0.4) is 0 Å². The highest BCUT2D eigenvalue weighted by Crippen LogP contribution is 2.03. The minimum absolute atomic E-state index is 0.0181. The largest absolute Gasteiger partial charge is 0.374 e. The summed E-state index contributed by atoms with van der Waals surface area (Å²) >= 11 is 0. The third-order valence-electron chi connectivity index (χ3n) is 2.84. The zero-order valence-corrected chi connectivity index (χ0v) is 11.7. The molecule has 0 aromatic rings. The monoisotopic (exact) mass is 272 g/mol. The average Bonchev–Trinajstić information content (AvgIpc) is 2.35. The number of carbonyl (C=O) groups is 2. The molecule has 0 spiro atoms. The summed E-state index contributed by atoms with van der Waals surface area (Å²) in [5, 5.41) is 8.48. The Balaban J connectivity index is 2.15. The molecule has 7 heteroatoms. The van der Waals surface area contributed by atoms with Crippen LogP contribution >= 0.6 is 0 Å². The molecular weight excluding hydrogens is 248 g/mol. The van der Waals surface area contributed by atoms with E-state index in [2.05, 4.69) is 20.9 Å². The second-order valence-electron chi connectivity index (χ2n) is 4.62. The van der Waals surface area contributed by atoms with Crippen molar-refractivity contribution in [2.24, 2.45) is 0 Å². The lowest BCUT2D eigenvalue weighted by molar-refractivity contribution is -0.124. The minimum Gasteiger partial charge on any atom is -0.374 e. The van der Waals surface area contributed by atoms with E-state index in [1.54, 1.807) is 0 Å². The second-order valence-corrected chi connectivity index (χ2v) is 4.62. The average molecular weight is 272 g/mol. The van der Waals surface area contributed by atoms with Gasteiger partial charge in [-0.25, -0.2) is 0 Å². The molecular formula is C12H24N4O3. The minimum atomic E-state index is -0.0858. The Bertz CT molecular complexity index is 297. The van der Waals surface area contributed by atoms with Gasteiger partial charge in [-0.05, 0) is 7.05 Å². The molecule has 0 bridgehead atoms. The Kier molecular flexibility index (Phi) is 7.39. The van der Waals surface area contributed by atoms with Crippen LogP contribution in [0.1, 0.15) is 6.92 Å². The fourth-order valence-corrected chi connectivity index (χ4v) is 1.97. The van der Waals surface area contributed by atoms with Crippen LogP contribution in [0.2, 0.25) is 0 Å². The van der Waals surface area contributed by atoms with E-state index in [1.807, 2.05) is 7.05 Å². The maximum atomic E-state index is 11.7. The Hall–Kier alpha value is -1.18. The number of rotatable bonds is 7. The van der Waals surface area contributed by atoms with Crippen molar-refractivity contribution >= 4 is 11.8 Å². The van der Waals surface area contributed by atoms with Gasteiger partial charge in [0.25, 0.3) is 0 Å². The van der Waals surface area contributed by atoms with Crippen molar-refractivity contribution in [3.05, 3.63) is 0 Å². The number of hydrogen-bond donors (Lipinski definition) is 3. The third-order valence-corrected chi connectivity index (χ3v) is 2.84. The number of carbonyl (C=O) groups excluding carboxylic acids is 2. The second kappa shape index (κ2) is 8.84. The van der Waals surface area contributed by atoms with Gasteiger partial charge in [-0.2, -0.15) is 0 Å². The summed E-state index contributed by atoms with van der Waals surface area (Å²) in [7, 11) is 1.89. The van der Waals surface area contributed by atoms with Crippen LogP contribution < -0.4 is 16.0 Å². The van der Waals surface area contributed by atoms with Crippen LogP contribution in [0, 0.1) is 0 Å². The van der Waals surface area contributed by atoms with Gasteiger partial charge in [0, 0.05) is 39.6 Å². The molecule has 7 nitrogen and oxygen atoms in total. The number of nitrogens with zero attached hydrogens (tertiary/aromatic N) is 1. The van der Waals surface area contributed by atoms with Gasteiger partial charge in [0.05, 0.1) is 19.3 Å². The molecule has 1 atom stereocenters. The molecule has 3 N–H and O–H groups in total. The number of likely N-dealkylation sites (N-methyl/N-ethyl adjacent to an activating group) is 1. The van der Waals surface area contributed by atoms with Crippen LogP contribution in [0.4, 0.5) is 0 Å². The normalized spacial score (nSPS) is 20.0. The van der Waals surface area contributed by atoms with E-state index < -0.39 is 0 Å². The van der Waals surface area contributed by atoms with Crippen LogP contribution in [0.25, 0.3) is 0 Å². The van der Waals surface area contributed by atoms with Gasteiger partial charge in [0.1, 0.15) is 0 Å². The van der Waals surface area contributed by atoms with Crippen molar-refractivity contribution in [1.82, 2.24) is 20.9 Å². The lowest BCUT2D eigenvalue weighted by Gasteiger charge is -2.32. The predicted octanol–water partition coefficient (Wildman–Crippen LogP) is -1.84. The highest BCUT2D eigenvalue weighted by atomic mass is 16.5. The molecule has 1 fully saturated rings. The van der Waals surface area contributed by atoms with Crippen LogP contribution in [0.15, 0.2) is 0 Å². The molecule has 110 valence electrons. The van der Waals surface area contributed by atoms with Crippen molar-refractivity contribution in [3.63, 3.8) is 0 Å². The number of morpholine rings is 1. The third kappa shape index (κ3) is 7.09. The van der Waals surface area contributed by atoms with Crippen molar-refractivity contribution in [2.75, 3.05) is 52.9 Å². The topological polar surface area (TPSA) is 82.7 Å². The molecule has 19 heavy (non-hydrogen) atoms. The molecule has 1 aliphatic heterocycles. The van der Waals surface area contributed by atoms with E-state index in [-0.39, 0.29) is 17.9 Å². The summed E-state index contributed by atoms with van der Waals surface area (Å²) in [5.41, 5.74) is 0. The van der Waals surface area contributed by atoms with E-state index in [1.165, 1.54) is 6.92 Å². The van der Waals surface area contributed by atoms with Gasteiger partial charge in [0.15, 0.2) is 0 Å². The Morgan fingerprint density at radius 2 is 2.05 bits per heavy atom. The van der Waals surface area contributed by atoms with Gasteiger partial charge in [-0.15, -0.1) is 0 Å². The Morgan fingerprint density at radius 1 is 1.32 bits per heavy atom. The zero-order chi connectivity index (χ0) is 14.1. The lowest BCUT2D eigenvalue weighted by Crippen LogP contribution is -2.49. The Labute approximate surface area is 114 Å². The van der Waals surface area contributed by atoms with Gasteiger partial charge in [-0.1, -0.05) is 0 Å². The fourth-order valence-electron chi connectivity index (χ4n) is 1.97. The summed E-state index contributed by atoms with van der Waals surface area (Å²) in [5.74, 6) is -0.104. The Morgan fingerprint density at radius 3 is 2.74 bits per heavy atom. The lowest BCUT2D eigenvalue weighted by atomic mass is 10.2. The predicted molar refractivity (Wildman–Crippen MR) is 71.8 cm³/mol. The van der Waals surface area contributed by atoms with Crippen LogP contribution in [-0.2, 0) is 14.3 Å². The molecule has 0 aliphatic carbocycles. The van der Waals surface area contributed by atoms with Gasteiger partial charge < -0.3 is 20.7 Å². The number of hydrogen-bond acceptors (Lipinski definition) is 5. The van der Waals surface area contributed by atoms with Crippen molar-refractivity contribution in [2.45, 2.75) is 13.0 Å². The summed E-state index contributed by atoms with van der Waals surface area (Å²) < 4.78 is 5.57. The summed E-state index contributed by atoms with van der Waals surface area (Å²) in [6, 6.07) is 0. The summed E-state index contributed by atoms with van der Waals surface area (Å²) in [6.07, 6.45) is 0.144. The first-order valence-electron chi connectivity index (χ1n) is 6.61. The zero-order valence-electron chi connectivity index (χ0n) is 11.7. The van der Waals surface area contributed by atoms with Gasteiger partial charge >= 0.3 is 0 Å². The highest BCUT2D eigenvalue weighted by Gasteiger charge is 2.21. The smallest absolute Gasteiger partial charge is 0.234 e. The number of amides is 2. The maximum absolute atomic E-state index is 11.7.